The van der Waals surface area contributed by atoms with Crippen molar-refractivity contribution >= 4 is 11.9 Å². The highest BCUT2D eigenvalue weighted by molar-refractivity contribution is 5.70. The Labute approximate surface area is 233 Å². The number of hydrogen-bond donors (Lipinski definition) is 1. The van der Waals surface area contributed by atoms with Crippen LogP contribution in [0, 0.1) is 0 Å². The summed E-state index contributed by atoms with van der Waals surface area (Å²) in [5.74, 6) is -0.662. The Morgan fingerprint density at radius 3 is 1.66 bits per heavy atom. The number of unbranched alkanes of at least 4 members (excludes halogenated alkanes) is 10. The first-order chi connectivity index (χ1) is 18.6. The number of esters is 2. The fourth-order valence-electron chi connectivity index (χ4n) is 3.87. The molecule has 0 bridgehead atoms. The van der Waals surface area contributed by atoms with E-state index >= 15 is 0 Å². The standard InChI is InChI=1S/C33H56O5/c1-3-5-6-7-8-9-10-11-12-13-14-15-16-17-18-19-20-21-22-23-24-25-26-28-33(36)38-31(29-34)30-37-32(35)27-4-2/h5-6,8-9,11-12,14-15,31,34H,3-4,7,10,13,16-30H2,1-2H3/b6-5-,9-8-,12-11-,15-14-. The molecule has 1 N–H and O–H groups in total. The molecule has 1 atom stereocenters. The first-order valence-corrected chi connectivity index (χ1v) is 15.2. The molecule has 0 aliphatic carbocycles. The van der Waals surface area contributed by atoms with E-state index in [1.165, 1.54) is 51.4 Å². The summed E-state index contributed by atoms with van der Waals surface area (Å²) in [6.45, 7) is 3.63. The number of carbonyl (C=O) groups excluding carboxylic acids is 2. The van der Waals surface area contributed by atoms with Crippen molar-refractivity contribution in [1.82, 2.24) is 0 Å². The van der Waals surface area contributed by atoms with E-state index < -0.39 is 6.10 Å². The minimum atomic E-state index is -0.766. The highest BCUT2D eigenvalue weighted by atomic mass is 16.6. The largest absolute Gasteiger partial charge is 0.462 e. The highest BCUT2D eigenvalue weighted by Gasteiger charge is 2.15. The molecular weight excluding hydrogens is 476 g/mol. The van der Waals surface area contributed by atoms with Gasteiger partial charge in [-0.25, -0.2) is 0 Å². The summed E-state index contributed by atoms with van der Waals surface area (Å²) in [7, 11) is 0. The van der Waals surface area contributed by atoms with Crippen molar-refractivity contribution in [2.24, 2.45) is 0 Å². The molecular formula is C33H56O5. The van der Waals surface area contributed by atoms with E-state index in [-0.39, 0.29) is 25.2 Å². The second kappa shape index (κ2) is 29.4. The summed E-state index contributed by atoms with van der Waals surface area (Å²) in [5.41, 5.74) is 0. The monoisotopic (exact) mass is 532 g/mol. The van der Waals surface area contributed by atoms with Gasteiger partial charge in [0.25, 0.3) is 0 Å². The van der Waals surface area contributed by atoms with E-state index in [2.05, 4.69) is 55.5 Å². The number of rotatable bonds is 26. The maximum Gasteiger partial charge on any atom is 0.306 e. The Hall–Kier alpha value is -2.14. The molecule has 5 nitrogen and oxygen atoms in total. The van der Waals surface area contributed by atoms with E-state index in [0.29, 0.717) is 19.3 Å². The molecule has 0 spiro atoms. The number of aliphatic hydroxyl groups excluding tert-OH is 1. The Bertz CT molecular complexity index is 662. The van der Waals surface area contributed by atoms with Crippen molar-refractivity contribution in [2.45, 2.75) is 136 Å². The number of carbonyl (C=O) groups is 2. The Morgan fingerprint density at radius 2 is 1.13 bits per heavy atom. The van der Waals surface area contributed by atoms with Crippen molar-refractivity contribution in [1.29, 1.82) is 0 Å². The number of hydrogen-bond acceptors (Lipinski definition) is 5. The zero-order chi connectivity index (χ0) is 27.9. The molecule has 38 heavy (non-hydrogen) atoms. The molecule has 0 radical (unpaired) electrons. The smallest absolute Gasteiger partial charge is 0.306 e. The quantitative estimate of drug-likeness (QED) is 0.0685. The second-order valence-corrected chi connectivity index (χ2v) is 9.80. The van der Waals surface area contributed by atoms with Crippen molar-refractivity contribution in [3.05, 3.63) is 48.6 Å². The van der Waals surface area contributed by atoms with Gasteiger partial charge in [-0.15, -0.1) is 0 Å². The first kappa shape index (κ1) is 35.9. The van der Waals surface area contributed by atoms with E-state index in [4.69, 9.17) is 9.47 Å². The van der Waals surface area contributed by atoms with Crippen LogP contribution >= 0.6 is 0 Å². The van der Waals surface area contributed by atoms with E-state index in [1.807, 2.05) is 6.92 Å². The van der Waals surface area contributed by atoms with Gasteiger partial charge in [0.2, 0.25) is 0 Å². The average molecular weight is 533 g/mol. The molecule has 0 amide bonds. The zero-order valence-electron chi connectivity index (χ0n) is 24.4. The van der Waals surface area contributed by atoms with Gasteiger partial charge in [-0.2, -0.15) is 0 Å². The predicted molar refractivity (Wildman–Crippen MR) is 159 cm³/mol. The number of aliphatic hydroxyl groups is 1. The Balaban J connectivity index is 3.46. The van der Waals surface area contributed by atoms with Crippen LogP contribution in [-0.2, 0) is 19.1 Å². The third-order valence-electron chi connectivity index (χ3n) is 6.11. The lowest BCUT2D eigenvalue weighted by atomic mass is 10.0. The van der Waals surface area contributed by atoms with E-state index in [0.717, 1.165) is 44.9 Å². The third-order valence-corrected chi connectivity index (χ3v) is 6.11. The summed E-state index contributed by atoms with van der Waals surface area (Å²) >= 11 is 0. The number of allylic oxidation sites excluding steroid dienone is 8. The summed E-state index contributed by atoms with van der Waals surface area (Å²) in [6.07, 6.45) is 35.9. The Kier molecular flexibility index (Phi) is 27.8. The second-order valence-electron chi connectivity index (χ2n) is 9.80. The maximum atomic E-state index is 11.9. The molecule has 5 heteroatoms. The van der Waals surface area contributed by atoms with Gasteiger partial charge in [-0.05, 0) is 51.4 Å². The highest BCUT2D eigenvalue weighted by Crippen LogP contribution is 2.13. The minimum Gasteiger partial charge on any atom is -0.462 e. The van der Waals surface area contributed by atoms with Gasteiger partial charge in [0.15, 0.2) is 6.10 Å². The van der Waals surface area contributed by atoms with Crippen LogP contribution in [0.4, 0.5) is 0 Å². The van der Waals surface area contributed by atoms with Gasteiger partial charge in [-0.1, -0.05) is 114 Å². The van der Waals surface area contributed by atoms with Crippen LogP contribution in [0.15, 0.2) is 48.6 Å². The van der Waals surface area contributed by atoms with Crippen molar-refractivity contribution in [2.75, 3.05) is 13.2 Å². The van der Waals surface area contributed by atoms with Crippen molar-refractivity contribution in [3.63, 3.8) is 0 Å². The molecule has 0 saturated carbocycles. The van der Waals surface area contributed by atoms with Crippen molar-refractivity contribution < 1.29 is 24.2 Å². The van der Waals surface area contributed by atoms with Gasteiger partial charge in [0.1, 0.15) is 6.61 Å². The lowest BCUT2D eigenvalue weighted by molar-refractivity contribution is -0.161. The average Bonchev–Trinajstić information content (AvgIpc) is 2.91. The molecule has 1 unspecified atom stereocenters. The van der Waals surface area contributed by atoms with Gasteiger partial charge in [-0.3, -0.25) is 9.59 Å². The van der Waals surface area contributed by atoms with E-state index in [1.54, 1.807) is 0 Å². The molecule has 0 rings (SSSR count). The van der Waals surface area contributed by atoms with Crippen LogP contribution in [0.3, 0.4) is 0 Å². The van der Waals surface area contributed by atoms with Gasteiger partial charge in [0.05, 0.1) is 6.61 Å². The molecule has 0 fully saturated rings. The molecule has 0 aromatic heterocycles. The van der Waals surface area contributed by atoms with Crippen molar-refractivity contribution in [3.8, 4) is 0 Å². The van der Waals surface area contributed by atoms with Crippen LogP contribution < -0.4 is 0 Å². The van der Waals surface area contributed by atoms with Crippen LogP contribution in [0.2, 0.25) is 0 Å². The molecule has 218 valence electrons. The minimum absolute atomic E-state index is 0.0779. The number of ether oxygens (including phenoxy) is 2. The lowest BCUT2D eigenvalue weighted by Gasteiger charge is -2.15. The first-order valence-electron chi connectivity index (χ1n) is 15.2. The fraction of sp³-hybridized carbons (Fsp3) is 0.697. The summed E-state index contributed by atoms with van der Waals surface area (Å²) in [5, 5.41) is 9.30. The maximum absolute atomic E-state index is 11.9. The molecule has 0 aromatic rings. The SMILES string of the molecule is CC/C=C\C/C=C\C/C=C\C/C=C\CCCCCCCCCCCCC(=O)OC(CO)COC(=O)CCC. The summed E-state index contributed by atoms with van der Waals surface area (Å²) in [4.78, 5) is 23.3. The summed E-state index contributed by atoms with van der Waals surface area (Å²) in [6, 6.07) is 0. The molecule has 0 heterocycles. The van der Waals surface area contributed by atoms with Crippen LogP contribution in [0.1, 0.15) is 129 Å². The predicted octanol–water partition coefficient (Wildman–Crippen LogP) is 8.72. The third kappa shape index (κ3) is 26.9. The molecule has 0 aromatic carbocycles. The zero-order valence-corrected chi connectivity index (χ0v) is 24.4. The van der Waals surface area contributed by atoms with Gasteiger partial charge >= 0.3 is 11.9 Å². The van der Waals surface area contributed by atoms with Crippen LogP contribution in [-0.4, -0.2) is 36.4 Å². The molecule has 0 aliphatic heterocycles. The molecule has 0 aliphatic rings. The molecule has 0 saturated heterocycles. The fourth-order valence-corrected chi connectivity index (χ4v) is 3.87. The Morgan fingerprint density at radius 1 is 0.632 bits per heavy atom. The van der Waals surface area contributed by atoms with Crippen LogP contribution in [0.25, 0.3) is 0 Å². The van der Waals surface area contributed by atoms with Gasteiger partial charge in [0, 0.05) is 12.8 Å². The lowest BCUT2D eigenvalue weighted by Crippen LogP contribution is -2.28. The van der Waals surface area contributed by atoms with Gasteiger partial charge < -0.3 is 14.6 Å². The van der Waals surface area contributed by atoms with E-state index in [9.17, 15) is 14.7 Å². The summed E-state index contributed by atoms with van der Waals surface area (Å²) < 4.78 is 10.2. The topological polar surface area (TPSA) is 72.8 Å². The normalized spacial score (nSPS) is 12.8. The van der Waals surface area contributed by atoms with Crippen LogP contribution in [0.5, 0.6) is 0 Å².